The molecule has 0 amide bonds. The van der Waals surface area contributed by atoms with Crippen LogP contribution in [0.3, 0.4) is 0 Å². The van der Waals surface area contributed by atoms with Crippen molar-refractivity contribution in [3.63, 3.8) is 0 Å². The van der Waals surface area contributed by atoms with Gasteiger partial charge in [0, 0.05) is 0 Å². The predicted molar refractivity (Wildman–Crippen MR) is 155 cm³/mol. The van der Waals surface area contributed by atoms with Gasteiger partial charge in [0.1, 0.15) is 12.2 Å². The van der Waals surface area contributed by atoms with E-state index in [1.165, 1.54) is 14.2 Å². The zero-order valence-electron chi connectivity index (χ0n) is 24.8. The molecule has 0 saturated carbocycles. The summed E-state index contributed by atoms with van der Waals surface area (Å²) in [4.78, 5) is 0. The Morgan fingerprint density at radius 1 is 0.575 bits per heavy atom. The quantitative estimate of drug-likeness (QED) is 0.207. The van der Waals surface area contributed by atoms with Gasteiger partial charge in [0.2, 0.25) is 11.5 Å². The fourth-order valence-electron chi connectivity index (χ4n) is 4.63. The van der Waals surface area contributed by atoms with Crippen LogP contribution in [0.1, 0.15) is 68.9 Å². The van der Waals surface area contributed by atoms with Crippen molar-refractivity contribution in [1.82, 2.24) is 0 Å². The Morgan fingerprint density at radius 3 is 1.55 bits per heavy atom. The molecule has 0 aliphatic carbocycles. The molecule has 8 nitrogen and oxygen atoms in total. The first-order chi connectivity index (χ1) is 19.4. The van der Waals surface area contributed by atoms with E-state index in [0.29, 0.717) is 53.1 Å². The molecule has 40 heavy (non-hydrogen) atoms. The number of aromatic hydroxyl groups is 1. The monoisotopic (exact) mass is 554 g/mol. The lowest BCUT2D eigenvalue weighted by Gasteiger charge is -2.24. The number of phenols is 1. The highest BCUT2D eigenvalue weighted by molar-refractivity contribution is 5.55. The van der Waals surface area contributed by atoms with Crippen molar-refractivity contribution in [3.05, 3.63) is 59.2 Å². The highest BCUT2D eigenvalue weighted by atomic mass is 16.5. The maximum atomic E-state index is 10.3. The molecule has 0 aromatic heterocycles. The molecular formula is C32H42O8. The van der Waals surface area contributed by atoms with Crippen LogP contribution in [0.25, 0.3) is 0 Å². The van der Waals surface area contributed by atoms with Crippen LogP contribution in [0.15, 0.2) is 42.5 Å². The summed E-state index contributed by atoms with van der Waals surface area (Å²) in [7, 11) is 7.88. The first-order valence-electron chi connectivity index (χ1n) is 13.6. The van der Waals surface area contributed by atoms with E-state index in [4.69, 9.17) is 33.2 Å². The zero-order chi connectivity index (χ0) is 29.2. The van der Waals surface area contributed by atoms with Gasteiger partial charge in [-0.1, -0.05) is 33.3 Å². The average molecular weight is 555 g/mol. The SMILES string of the molecule is CCCc1cc(OC)c(OC(CC)c2ccc(OC(CC)c3cc(OC)c(O)c(OC)c3)c(OC)c2)c(OC)c1. The third-order valence-electron chi connectivity index (χ3n) is 6.76. The molecule has 1 N–H and O–H groups in total. The summed E-state index contributed by atoms with van der Waals surface area (Å²) in [6.07, 6.45) is 2.69. The topological polar surface area (TPSA) is 84.8 Å². The smallest absolute Gasteiger partial charge is 0.204 e. The number of phenolic OH excluding ortho intramolecular Hbond substituents is 1. The van der Waals surface area contributed by atoms with E-state index in [-0.39, 0.29) is 18.0 Å². The standard InChI is InChI=1S/C32H42O8/c1-9-12-20-15-29(37-7)32(30(16-20)38-8)40-23(10-2)21-13-14-25(26(17-21)34-4)39-24(11-3)22-18-27(35-5)31(33)28(19-22)36-6/h13-19,23-24,33H,9-12H2,1-8H3. The molecule has 3 rings (SSSR count). The summed E-state index contributed by atoms with van der Waals surface area (Å²) in [6, 6.07) is 13.3. The van der Waals surface area contributed by atoms with Crippen LogP contribution in [-0.2, 0) is 6.42 Å². The van der Waals surface area contributed by atoms with Gasteiger partial charge < -0.3 is 38.3 Å². The summed E-state index contributed by atoms with van der Waals surface area (Å²) < 4.78 is 40.7. The molecule has 3 aromatic carbocycles. The molecule has 218 valence electrons. The minimum Gasteiger partial charge on any atom is -0.502 e. The van der Waals surface area contributed by atoms with E-state index in [9.17, 15) is 5.11 Å². The summed E-state index contributed by atoms with van der Waals surface area (Å²) in [5, 5.41) is 10.3. The molecule has 0 saturated heterocycles. The van der Waals surface area contributed by atoms with Crippen LogP contribution in [-0.4, -0.2) is 40.7 Å². The number of methoxy groups -OCH3 is 5. The van der Waals surface area contributed by atoms with Crippen molar-refractivity contribution >= 4 is 0 Å². The van der Waals surface area contributed by atoms with Gasteiger partial charge in [-0.15, -0.1) is 0 Å². The Bertz CT molecular complexity index is 1210. The second kappa shape index (κ2) is 14.4. The van der Waals surface area contributed by atoms with Crippen LogP contribution >= 0.6 is 0 Å². The van der Waals surface area contributed by atoms with Gasteiger partial charge in [0.15, 0.2) is 34.5 Å². The molecule has 0 heterocycles. The number of hydrogen-bond acceptors (Lipinski definition) is 8. The second-order valence-electron chi connectivity index (χ2n) is 9.29. The number of aryl methyl sites for hydroxylation is 1. The summed E-state index contributed by atoms with van der Waals surface area (Å²) in [5.74, 6) is 3.58. The molecule has 0 aliphatic heterocycles. The van der Waals surface area contributed by atoms with E-state index >= 15 is 0 Å². The minimum atomic E-state index is -0.337. The minimum absolute atomic E-state index is 0.0515. The van der Waals surface area contributed by atoms with Gasteiger partial charge in [-0.25, -0.2) is 0 Å². The summed E-state index contributed by atoms with van der Waals surface area (Å²) in [5.41, 5.74) is 2.86. The fourth-order valence-corrected chi connectivity index (χ4v) is 4.63. The third kappa shape index (κ3) is 6.79. The molecule has 0 bridgehead atoms. The van der Waals surface area contributed by atoms with Crippen molar-refractivity contribution in [2.75, 3.05) is 35.5 Å². The average Bonchev–Trinajstić information content (AvgIpc) is 2.99. The summed E-state index contributed by atoms with van der Waals surface area (Å²) >= 11 is 0. The van der Waals surface area contributed by atoms with E-state index in [2.05, 4.69) is 13.8 Å². The second-order valence-corrected chi connectivity index (χ2v) is 9.29. The van der Waals surface area contributed by atoms with E-state index in [1.54, 1.807) is 33.5 Å². The highest BCUT2D eigenvalue weighted by Crippen LogP contribution is 2.44. The molecule has 8 heteroatoms. The first kappa shape index (κ1) is 30.6. The molecule has 2 unspecified atom stereocenters. The Kier molecular flexibility index (Phi) is 11.1. The maximum Gasteiger partial charge on any atom is 0.204 e. The first-order valence-corrected chi connectivity index (χ1v) is 13.6. The van der Waals surface area contributed by atoms with Crippen LogP contribution in [0.2, 0.25) is 0 Å². The zero-order valence-corrected chi connectivity index (χ0v) is 24.8. The molecule has 0 radical (unpaired) electrons. The number of rotatable bonds is 15. The van der Waals surface area contributed by atoms with Crippen LogP contribution < -0.4 is 33.2 Å². The van der Waals surface area contributed by atoms with Gasteiger partial charge in [0.05, 0.1) is 35.5 Å². The van der Waals surface area contributed by atoms with Crippen molar-refractivity contribution in [2.45, 2.75) is 58.7 Å². The van der Waals surface area contributed by atoms with Crippen LogP contribution in [0.4, 0.5) is 0 Å². The number of hydrogen-bond donors (Lipinski definition) is 1. The normalized spacial score (nSPS) is 12.3. The molecule has 3 aromatic rings. The highest BCUT2D eigenvalue weighted by Gasteiger charge is 2.23. The Hall–Kier alpha value is -3.94. The van der Waals surface area contributed by atoms with Gasteiger partial charge in [-0.3, -0.25) is 0 Å². The Labute approximate surface area is 237 Å². The lowest BCUT2D eigenvalue weighted by molar-refractivity contribution is 0.180. The third-order valence-corrected chi connectivity index (χ3v) is 6.76. The maximum absolute atomic E-state index is 10.3. The van der Waals surface area contributed by atoms with Crippen molar-refractivity contribution in [1.29, 1.82) is 0 Å². The molecule has 2 atom stereocenters. The fraction of sp³-hybridized carbons (Fsp3) is 0.438. The van der Waals surface area contributed by atoms with Crippen molar-refractivity contribution < 1.29 is 38.3 Å². The lowest BCUT2D eigenvalue weighted by Crippen LogP contribution is -2.11. The van der Waals surface area contributed by atoms with Crippen LogP contribution in [0, 0.1) is 0 Å². The van der Waals surface area contributed by atoms with Crippen molar-refractivity contribution in [3.8, 4) is 46.0 Å². The summed E-state index contributed by atoms with van der Waals surface area (Å²) in [6.45, 7) is 6.22. The lowest BCUT2D eigenvalue weighted by atomic mass is 10.0. The molecule has 0 spiro atoms. The number of benzene rings is 3. The van der Waals surface area contributed by atoms with Crippen molar-refractivity contribution in [2.24, 2.45) is 0 Å². The predicted octanol–water partition coefficient (Wildman–Crippen LogP) is 7.45. The Morgan fingerprint density at radius 2 is 1.07 bits per heavy atom. The van der Waals surface area contributed by atoms with Gasteiger partial charge in [-0.2, -0.15) is 0 Å². The number of ether oxygens (including phenoxy) is 7. The van der Waals surface area contributed by atoms with Crippen LogP contribution in [0.5, 0.6) is 46.0 Å². The van der Waals surface area contributed by atoms with E-state index < -0.39 is 0 Å². The largest absolute Gasteiger partial charge is 0.502 e. The molecular weight excluding hydrogens is 512 g/mol. The van der Waals surface area contributed by atoms with Gasteiger partial charge >= 0.3 is 0 Å². The van der Waals surface area contributed by atoms with E-state index in [1.807, 2.05) is 37.3 Å². The molecule has 0 fully saturated rings. The van der Waals surface area contributed by atoms with Gasteiger partial charge in [0.25, 0.3) is 0 Å². The molecule has 0 aliphatic rings. The Balaban J connectivity index is 1.92. The van der Waals surface area contributed by atoms with Gasteiger partial charge in [-0.05, 0) is 72.4 Å². The van der Waals surface area contributed by atoms with E-state index in [0.717, 1.165) is 29.5 Å².